The molecular weight excluding hydrogens is 140 g/mol. The van der Waals surface area contributed by atoms with Crippen LogP contribution < -0.4 is 0 Å². The number of carbonyl (C=O) groups excluding carboxylic acids is 1. The molecule has 2 nitrogen and oxygen atoms in total. The summed E-state index contributed by atoms with van der Waals surface area (Å²) in [6.45, 7) is 3.54. The number of esters is 1. The summed E-state index contributed by atoms with van der Waals surface area (Å²) < 4.78 is 4.38. The van der Waals surface area contributed by atoms with Gasteiger partial charge in [0, 0.05) is 6.08 Å². The minimum absolute atomic E-state index is 0.340. The number of hydrogen-bond acceptors (Lipinski definition) is 2. The second-order valence-electron chi connectivity index (χ2n) is 1.83. The third kappa shape index (κ3) is 6.58. The van der Waals surface area contributed by atoms with E-state index in [0.717, 1.165) is 6.42 Å². The Bertz CT molecular complexity index is 178. The van der Waals surface area contributed by atoms with E-state index in [-0.39, 0.29) is 5.97 Å². The van der Waals surface area contributed by atoms with Gasteiger partial charge in [-0.2, -0.15) is 0 Å². The van der Waals surface area contributed by atoms with Crippen molar-refractivity contribution in [2.45, 2.75) is 6.42 Å². The summed E-state index contributed by atoms with van der Waals surface area (Å²) in [5, 5.41) is 0. The SMILES string of the molecule is C=CC/C=C/C=C/C(=O)OC. The molecule has 0 spiro atoms. The standard InChI is InChI=1S/C9H12O2/c1-3-4-5-6-7-8-9(10)11-2/h3,5-8H,1,4H2,2H3/b6-5+,8-7+. The fourth-order valence-corrected chi connectivity index (χ4v) is 0.456. The van der Waals surface area contributed by atoms with E-state index >= 15 is 0 Å². The van der Waals surface area contributed by atoms with Crippen molar-refractivity contribution in [3.63, 3.8) is 0 Å². The van der Waals surface area contributed by atoms with Crippen LogP contribution in [-0.2, 0) is 9.53 Å². The second-order valence-corrected chi connectivity index (χ2v) is 1.83. The first-order valence-corrected chi connectivity index (χ1v) is 3.33. The first kappa shape index (κ1) is 9.69. The van der Waals surface area contributed by atoms with Crippen molar-refractivity contribution >= 4 is 5.97 Å². The number of rotatable bonds is 4. The van der Waals surface area contributed by atoms with Crippen LogP contribution in [0.2, 0.25) is 0 Å². The van der Waals surface area contributed by atoms with Crippen LogP contribution in [0.1, 0.15) is 6.42 Å². The van der Waals surface area contributed by atoms with Gasteiger partial charge in [0.25, 0.3) is 0 Å². The van der Waals surface area contributed by atoms with Crippen LogP contribution in [0.5, 0.6) is 0 Å². The molecule has 0 rings (SSSR count). The van der Waals surface area contributed by atoms with Gasteiger partial charge in [-0.05, 0) is 6.42 Å². The Kier molecular flexibility index (Phi) is 5.99. The maximum atomic E-state index is 10.5. The lowest BCUT2D eigenvalue weighted by molar-refractivity contribution is -0.134. The number of carbonyl (C=O) groups is 1. The molecule has 0 aromatic rings. The molecule has 0 aliphatic rings. The molecule has 0 unspecified atom stereocenters. The third-order valence-corrected chi connectivity index (χ3v) is 0.983. The van der Waals surface area contributed by atoms with Gasteiger partial charge in [0.15, 0.2) is 0 Å². The zero-order chi connectivity index (χ0) is 8.53. The summed E-state index contributed by atoms with van der Waals surface area (Å²) >= 11 is 0. The molecule has 11 heavy (non-hydrogen) atoms. The Labute approximate surface area is 66.9 Å². The molecule has 0 bridgehead atoms. The second kappa shape index (κ2) is 6.81. The van der Waals surface area contributed by atoms with Crippen molar-refractivity contribution in [2.24, 2.45) is 0 Å². The third-order valence-electron chi connectivity index (χ3n) is 0.983. The molecule has 0 saturated heterocycles. The fraction of sp³-hybridized carbons (Fsp3) is 0.222. The van der Waals surface area contributed by atoms with Crippen molar-refractivity contribution in [2.75, 3.05) is 7.11 Å². The summed E-state index contributed by atoms with van der Waals surface area (Å²) in [4.78, 5) is 10.5. The smallest absolute Gasteiger partial charge is 0.330 e. The van der Waals surface area contributed by atoms with Crippen LogP contribution >= 0.6 is 0 Å². The lowest BCUT2D eigenvalue weighted by Crippen LogP contribution is -1.92. The van der Waals surface area contributed by atoms with E-state index in [4.69, 9.17) is 0 Å². The molecule has 0 amide bonds. The zero-order valence-electron chi connectivity index (χ0n) is 6.62. The van der Waals surface area contributed by atoms with E-state index in [1.807, 2.05) is 6.08 Å². The van der Waals surface area contributed by atoms with Crippen LogP contribution in [-0.4, -0.2) is 13.1 Å². The van der Waals surface area contributed by atoms with Gasteiger partial charge < -0.3 is 4.74 Å². The molecule has 0 aliphatic carbocycles. The highest BCUT2D eigenvalue weighted by Crippen LogP contribution is 1.85. The van der Waals surface area contributed by atoms with Gasteiger partial charge in [-0.1, -0.05) is 24.3 Å². The number of ether oxygens (including phenoxy) is 1. The highest BCUT2D eigenvalue weighted by atomic mass is 16.5. The monoisotopic (exact) mass is 152 g/mol. The predicted octanol–water partition coefficient (Wildman–Crippen LogP) is 1.85. The zero-order valence-corrected chi connectivity index (χ0v) is 6.62. The lowest BCUT2D eigenvalue weighted by Gasteiger charge is -1.85. The minimum atomic E-state index is -0.340. The summed E-state index contributed by atoms with van der Waals surface area (Å²) in [7, 11) is 1.35. The molecule has 0 N–H and O–H groups in total. The van der Waals surface area contributed by atoms with Crippen LogP contribution in [0.25, 0.3) is 0 Å². The van der Waals surface area contributed by atoms with Crippen molar-refractivity contribution < 1.29 is 9.53 Å². The molecule has 0 heterocycles. The molecule has 0 aromatic heterocycles. The highest BCUT2D eigenvalue weighted by Gasteiger charge is 1.85. The van der Waals surface area contributed by atoms with Gasteiger partial charge in [0.05, 0.1) is 7.11 Å². The maximum Gasteiger partial charge on any atom is 0.330 e. The van der Waals surface area contributed by atoms with Gasteiger partial charge in [-0.15, -0.1) is 6.58 Å². The molecule has 60 valence electrons. The molecule has 0 atom stereocenters. The normalized spacial score (nSPS) is 10.6. The van der Waals surface area contributed by atoms with Crippen molar-refractivity contribution in [1.82, 2.24) is 0 Å². The van der Waals surface area contributed by atoms with Crippen molar-refractivity contribution in [3.05, 3.63) is 37.0 Å². The predicted molar refractivity (Wildman–Crippen MR) is 45.1 cm³/mol. The Morgan fingerprint density at radius 2 is 2.27 bits per heavy atom. The van der Waals surface area contributed by atoms with Gasteiger partial charge in [0.2, 0.25) is 0 Å². The topological polar surface area (TPSA) is 26.3 Å². The van der Waals surface area contributed by atoms with Gasteiger partial charge in [-0.3, -0.25) is 0 Å². The van der Waals surface area contributed by atoms with Gasteiger partial charge >= 0.3 is 5.97 Å². The van der Waals surface area contributed by atoms with E-state index in [0.29, 0.717) is 0 Å². The summed E-state index contributed by atoms with van der Waals surface area (Å²) in [5.74, 6) is -0.340. The Morgan fingerprint density at radius 3 is 2.82 bits per heavy atom. The molecule has 0 aromatic carbocycles. The molecule has 0 aliphatic heterocycles. The maximum absolute atomic E-state index is 10.5. The quantitative estimate of drug-likeness (QED) is 0.266. The van der Waals surface area contributed by atoms with E-state index in [2.05, 4.69) is 11.3 Å². The summed E-state index contributed by atoms with van der Waals surface area (Å²) in [6, 6.07) is 0. The highest BCUT2D eigenvalue weighted by molar-refractivity contribution is 5.82. The number of allylic oxidation sites excluding steroid dienone is 4. The number of hydrogen-bond donors (Lipinski definition) is 0. The summed E-state index contributed by atoms with van der Waals surface area (Å²) in [5.41, 5.74) is 0. The largest absolute Gasteiger partial charge is 0.466 e. The first-order chi connectivity index (χ1) is 5.31. The van der Waals surface area contributed by atoms with Crippen molar-refractivity contribution in [3.8, 4) is 0 Å². The van der Waals surface area contributed by atoms with E-state index in [9.17, 15) is 4.79 Å². The van der Waals surface area contributed by atoms with Crippen LogP contribution in [0.15, 0.2) is 37.0 Å². The van der Waals surface area contributed by atoms with Gasteiger partial charge in [-0.25, -0.2) is 4.79 Å². The molecule has 2 heteroatoms. The molecule has 0 saturated carbocycles. The van der Waals surface area contributed by atoms with Crippen LogP contribution in [0.4, 0.5) is 0 Å². The molecular formula is C9H12O2. The Hall–Kier alpha value is -1.31. The fourth-order valence-electron chi connectivity index (χ4n) is 0.456. The lowest BCUT2D eigenvalue weighted by atomic mass is 10.3. The van der Waals surface area contributed by atoms with Crippen LogP contribution in [0.3, 0.4) is 0 Å². The molecule has 0 radical (unpaired) electrons. The van der Waals surface area contributed by atoms with Crippen molar-refractivity contribution in [1.29, 1.82) is 0 Å². The van der Waals surface area contributed by atoms with Gasteiger partial charge in [0.1, 0.15) is 0 Å². The molecule has 0 fully saturated rings. The average molecular weight is 152 g/mol. The first-order valence-electron chi connectivity index (χ1n) is 3.33. The van der Waals surface area contributed by atoms with E-state index in [1.54, 1.807) is 18.2 Å². The average Bonchev–Trinajstić information content (AvgIpc) is 2.04. The Morgan fingerprint density at radius 1 is 1.55 bits per heavy atom. The Balaban J connectivity index is 3.58. The number of methoxy groups -OCH3 is 1. The van der Waals surface area contributed by atoms with E-state index in [1.165, 1.54) is 13.2 Å². The summed E-state index contributed by atoms with van der Waals surface area (Å²) in [6.07, 6.45) is 9.26. The van der Waals surface area contributed by atoms with Crippen LogP contribution in [0, 0.1) is 0 Å². The minimum Gasteiger partial charge on any atom is -0.466 e. The van der Waals surface area contributed by atoms with E-state index < -0.39 is 0 Å².